The standard InChI is InChI=1S/C19H21N5O4/c1-13(25)23-8-10-24(11-9-23)17-7-6-16(21-22-17)18(26)20-15-5-3-4-14(12-15)19(27)28-2/h3-7,12H,8-11H2,1-2H3,(H,20,26). The number of nitrogens with one attached hydrogen (secondary N) is 1. The molecule has 2 amide bonds. The highest BCUT2D eigenvalue weighted by Crippen LogP contribution is 2.15. The Kier molecular flexibility index (Phi) is 5.83. The molecule has 146 valence electrons. The van der Waals surface area contributed by atoms with Gasteiger partial charge in [0.2, 0.25) is 5.91 Å². The fraction of sp³-hybridized carbons (Fsp3) is 0.316. The van der Waals surface area contributed by atoms with E-state index >= 15 is 0 Å². The number of rotatable bonds is 4. The van der Waals surface area contributed by atoms with Gasteiger partial charge in [-0.25, -0.2) is 4.79 Å². The zero-order valence-corrected chi connectivity index (χ0v) is 15.7. The zero-order valence-electron chi connectivity index (χ0n) is 15.7. The van der Waals surface area contributed by atoms with Crippen LogP contribution in [-0.2, 0) is 9.53 Å². The highest BCUT2D eigenvalue weighted by atomic mass is 16.5. The first-order valence-corrected chi connectivity index (χ1v) is 8.82. The molecule has 9 nitrogen and oxygen atoms in total. The van der Waals surface area contributed by atoms with E-state index < -0.39 is 11.9 Å². The van der Waals surface area contributed by atoms with Gasteiger partial charge in [0.25, 0.3) is 5.91 Å². The Morgan fingerprint density at radius 1 is 1.04 bits per heavy atom. The average molecular weight is 383 g/mol. The number of amides is 2. The number of anilines is 2. The van der Waals surface area contributed by atoms with E-state index in [0.29, 0.717) is 43.2 Å². The van der Waals surface area contributed by atoms with E-state index in [1.54, 1.807) is 42.2 Å². The molecule has 2 aromatic rings. The number of esters is 1. The van der Waals surface area contributed by atoms with Gasteiger partial charge in [-0.1, -0.05) is 6.07 Å². The summed E-state index contributed by atoms with van der Waals surface area (Å²) in [6, 6.07) is 9.77. The predicted molar refractivity (Wildman–Crippen MR) is 102 cm³/mol. The number of hydrogen-bond acceptors (Lipinski definition) is 7. The number of benzene rings is 1. The van der Waals surface area contributed by atoms with Gasteiger partial charge in [-0.05, 0) is 30.3 Å². The predicted octanol–water partition coefficient (Wildman–Crippen LogP) is 1.18. The molecule has 1 aromatic carbocycles. The highest BCUT2D eigenvalue weighted by Gasteiger charge is 2.20. The minimum absolute atomic E-state index is 0.0639. The summed E-state index contributed by atoms with van der Waals surface area (Å²) in [7, 11) is 1.30. The lowest BCUT2D eigenvalue weighted by molar-refractivity contribution is -0.129. The Bertz CT molecular complexity index is 876. The monoisotopic (exact) mass is 383 g/mol. The van der Waals surface area contributed by atoms with Crippen molar-refractivity contribution in [2.45, 2.75) is 6.92 Å². The van der Waals surface area contributed by atoms with Crippen LogP contribution in [0.4, 0.5) is 11.5 Å². The molecule has 1 fully saturated rings. The minimum Gasteiger partial charge on any atom is -0.465 e. The molecule has 28 heavy (non-hydrogen) atoms. The van der Waals surface area contributed by atoms with Crippen molar-refractivity contribution in [3.05, 3.63) is 47.7 Å². The van der Waals surface area contributed by atoms with Gasteiger partial charge in [-0.3, -0.25) is 9.59 Å². The van der Waals surface area contributed by atoms with Crippen LogP contribution in [0.25, 0.3) is 0 Å². The first-order chi connectivity index (χ1) is 13.5. The number of nitrogens with zero attached hydrogens (tertiary/aromatic N) is 4. The summed E-state index contributed by atoms with van der Waals surface area (Å²) in [6.45, 7) is 4.16. The molecule has 1 aliphatic rings. The number of aromatic nitrogens is 2. The molecule has 1 N–H and O–H groups in total. The summed E-state index contributed by atoms with van der Waals surface area (Å²) < 4.78 is 4.67. The summed E-state index contributed by atoms with van der Waals surface area (Å²) in [5, 5.41) is 10.8. The number of carbonyl (C=O) groups excluding carboxylic acids is 3. The maximum Gasteiger partial charge on any atom is 0.337 e. The summed E-state index contributed by atoms with van der Waals surface area (Å²) in [5.74, 6) is -0.186. The van der Waals surface area contributed by atoms with Crippen LogP contribution in [0.3, 0.4) is 0 Å². The van der Waals surface area contributed by atoms with Crippen LogP contribution in [0, 0.1) is 0 Å². The Morgan fingerprint density at radius 2 is 1.79 bits per heavy atom. The summed E-state index contributed by atoms with van der Waals surface area (Å²) in [5.41, 5.74) is 0.958. The van der Waals surface area contributed by atoms with Gasteiger partial charge in [-0.2, -0.15) is 0 Å². The molecule has 2 heterocycles. The van der Waals surface area contributed by atoms with Crippen LogP contribution < -0.4 is 10.2 Å². The number of methoxy groups -OCH3 is 1. The van der Waals surface area contributed by atoms with Gasteiger partial charge in [0.05, 0.1) is 12.7 Å². The number of carbonyl (C=O) groups is 3. The fourth-order valence-electron chi connectivity index (χ4n) is 2.90. The highest BCUT2D eigenvalue weighted by molar-refractivity contribution is 6.03. The van der Waals surface area contributed by atoms with Gasteiger partial charge >= 0.3 is 5.97 Å². The SMILES string of the molecule is COC(=O)c1cccc(NC(=O)c2ccc(N3CCN(C(C)=O)CC3)nn2)c1. The van der Waals surface area contributed by atoms with Crippen molar-refractivity contribution in [3.8, 4) is 0 Å². The molecule has 0 unspecified atom stereocenters. The molecule has 3 rings (SSSR count). The van der Waals surface area contributed by atoms with Crippen LogP contribution in [0.2, 0.25) is 0 Å². The lowest BCUT2D eigenvalue weighted by Crippen LogP contribution is -2.48. The van der Waals surface area contributed by atoms with Crippen molar-refractivity contribution in [2.24, 2.45) is 0 Å². The van der Waals surface area contributed by atoms with E-state index in [9.17, 15) is 14.4 Å². The van der Waals surface area contributed by atoms with E-state index in [0.717, 1.165) is 0 Å². The topological polar surface area (TPSA) is 105 Å². The maximum absolute atomic E-state index is 12.4. The van der Waals surface area contributed by atoms with Crippen molar-refractivity contribution in [1.82, 2.24) is 15.1 Å². The number of piperazine rings is 1. The van der Waals surface area contributed by atoms with Crippen LogP contribution in [-0.4, -0.2) is 66.2 Å². The maximum atomic E-state index is 12.4. The second kappa shape index (κ2) is 8.47. The second-order valence-corrected chi connectivity index (χ2v) is 6.30. The van der Waals surface area contributed by atoms with E-state index in [1.807, 2.05) is 4.90 Å². The van der Waals surface area contributed by atoms with E-state index in [2.05, 4.69) is 20.3 Å². The first kappa shape index (κ1) is 19.3. The molecule has 0 spiro atoms. The van der Waals surface area contributed by atoms with Crippen molar-refractivity contribution in [2.75, 3.05) is 43.5 Å². The third kappa shape index (κ3) is 4.43. The third-order valence-electron chi connectivity index (χ3n) is 4.47. The van der Waals surface area contributed by atoms with Gasteiger partial charge in [0.1, 0.15) is 0 Å². The molecule has 9 heteroatoms. The van der Waals surface area contributed by atoms with Gasteiger partial charge in [-0.15, -0.1) is 10.2 Å². The van der Waals surface area contributed by atoms with Crippen LogP contribution in [0.5, 0.6) is 0 Å². The molecule has 1 saturated heterocycles. The fourth-order valence-corrected chi connectivity index (χ4v) is 2.90. The Morgan fingerprint density at radius 3 is 2.39 bits per heavy atom. The summed E-state index contributed by atoms with van der Waals surface area (Å²) in [6.07, 6.45) is 0. The molecular formula is C19H21N5O4. The van der Waals surface area contributed by atoms with Crippen molar-refractivity contribution < 1.29 is 19.1 Å². The first-order valence-electron chi connectivity index (χ1n) is 8.82. The zero-order chi connectivity index (χ0) is 20.1. The summed E-state index contributed by atoms with van der Waals surface area (Å²) in [4.78, 5) is 39.2. The van der Waals surface area contributed by atoms with Crippen molar-refractivity contribution in [1.29, 1.82) is 0 Å². The largest absolute Gasteiger partial charge is 0.465 e. The van der Waals surface area contributed by atoms with E-state index in [4.69, 9.17) is 0 Å². The lowest BCUT2D eigenvalue weighted by Gasteiger charge is -2.34. The molecule has 0 aliphatic carbocycles. The van der Waals surface area contributed by atoms with Crippen LogP contribution in [0.1, 0.15) is 27.8 Å². The third-order valence-corrected chi connectivity index (χ3v) is 4.47. The molecule has 0 saturated carbocycles. The second-order valence-electron chi connectivity index (χ2n) is 6.30. The van der Waals surface area contributed by atoms with Crippen LogP contribution in [0.15, 0.2) is 36.4 Å². The molecule has 0 radical (unpaired) electrons. The molecule has 0 atom stereocenters. The number of ether oxygens (including phenoxy) is 1. The van der Waals surface area contributed by atoms with Gasteiger partial charge in [0, 0.05) is 38.8 Å². The van der Waals surface area contributed by atoms with Crippen molar-refractivity contribution >= 4 is 29.3 Å². The quantitative estimate of drug-likeness (QED) is 0.791. The molecule has 1 aliphatic heterocycles. The summed E-state index contributed by atoms with van der Waals surface area (Å²) >= 11 is 0. The Labute approximate surface area is 162 Å². The minimum atomic E-state index is -0.481. The molecule has 1 aromatic heterocycles. The lowest BCUT2D eigenvalue weighted by atomic mass is 10.2. The van der Waals surface area contributed by atoms with Crippen molar-refractivity contribution in [3.63, 3.8) is 0 Å². The average Bonchev–Trinajstić information content (AvgIpc) is 2.73. The normalized spacial score (nSPS) is 13.8. The van der Waals surface area contributed by atoms with E-state index in [1.165, 1.54) is 13.2 Å². The Hall–Kier alpha value is -3.49. The smallest absolute Gasteiger partial charge is 0.337 e. The molecule has 0 bridgehead atoms. The number of hydrogen-bond donors (Lipinski definition) is 1. The van der Waals surface area contributed by atoms with Gasteiger partial charge < -0.3 is 19.9 Å². The Balaban J connectivity index is 1.63. The van der Waals surface area contributed by atoms with Crippen LogP contribution >= 0.6 is 0 Å². The molecular weight excluding hydrogens is 362 g/mol. The van der Waals surface area contributed by atoms with E-state index in [-0.39, 0.29) is 11.6 Å². The van der Waals surface area contributed by atoms with Gasteiger partial charge in [0.15, 0.2) is 11.5 Å².